The van der Waals surface area contributed by atoms with Crippen LogP contribution in [-0.2, 0) is 0 Å². The van der Waals surface area contributed by atoms with E-state index >= 15 is 0 Å². The molecule has 0 saturated heterocycles. The van der Waals surface area contributed by atoms with Crippen molar-refractivity contribution in [3.8, 4) is 0 Å². The predicted octanol–water partition coefficient (Wildman–Crippen LogP) is 2.46. The highest BCUT2D eigenvalue weighted by atomic mass is 16.3. The second-order valence-electron chi connectivity index (χ2n) is 5.72. The van der Waals surface area contributed by atoms with E-state index in [1.54, 1.807) is 0 Å². The first kappa shape index (κ1) is 11.4. The first-order chi connectivity index (χ1) is 7.24. The molecule has 2 saturated carbocycles. The van der Waals surface area contributed by atoms with Gasteiger partial charge in [-0.1, -0.05) is 25.7 Å². The highest BCUT2D eigenvalue weighted by molar-refractivity contribution is 4.97. The van der Waals surface area contributed by atoms with Crippen LogP contribution in [0.3, 0.4) is 0 Å². The van der Waals surface area contributed by atoms with Gasteiger partial charge in [-0.2, -0.15) is 0 Å². The van der Waals surface area contributed by atoms with E-state index in [4.69, 9.17) is 0 Å². The maximum Gasteiger partial charge on any atom is 0.0613 e. The van der Waals surface area contributed by atoms with Crippen LogP contribution in [-0.4, -0.2) is 23.3 Å². The Balaban J connectivity index is 1.73. The molecule has 2 fully saturated rings. The topological polar surface area (TPSA) is 32.3 Å². The highest BCUT2D eigenvalue weighted by Crippen LogP contribution is 2.33. The Labute approximate surface area is 93.5 Å². The molecule has 0 radical (unpaired) electrons. The van der Waals surface area contributed by atoms with Gasteiger partial charge in [-0.15, -0.1) is 0 Å². The van der Waals surface area contributed by atoms with Crippen molar-refractivity contribution < 1.29 is 5.11 Å². The minimum Gasteiger partial charge on any atom is -0.394 e. The first-order valence-electron chi connectivity index (χ1n) is 6.63. The Morgan fingerprint density at radius 3 is 2.40 bits per heavy atom. The second-order valence-corrected chi connectivity index (χ2v) is 5.72. The van der Waals surface area contributed by atoms with Crippen LogP contribution in [0.4, 0.5) is 0 Å². The molecule has 0 heterocycles. The molecule has 0 aromatic heterocycles. The summed E-state index contributed by atoms with van der Waals surface area (Å²) in [6, 6.07) is 0.584. The molecule has 0 spiro atoms. The summed E-state index contributed by atoms with van der Waals surface area (Å²) in [7, 11) is 0. The van der Waals surface area contributed by atoms with E-state index in [1.807, 2.05) is 0 Å². The van der Waals surface area contributed by atoms with Crippen LogP contribution < -0.4 is 5.32 Å². The van der Waals surface area contributed by atoms with Gasteiger partial charge < -0.3 is 10.4 Å². The molecule has 2 aliphatic carbocycles. The largest absolute Gasteiger partial charge is 0.394 e. The SMILES string of the molecule is CC(CC1CCCC1)NC1(CO)CCC1. The minimum atomic E-state index is 0.0953. The zero-order chi connectivity index (χ0) is 10.7. The Morgan fingerprint density at radius 2 is 1.93 bits per heavy atom. The molecular weight excluding hydrogens is 186 g/mol. The fraction of sp³-hybridized carbons (Fsp3) is 1.00. The average Bonchev–Trinajstić information content (AvgIpc) is 2.64. The summed E-state index contributed by atoms with van der Waals surface area (Å²) >= 11 is 0. The number of hydrogen-bond acceptors (Lipinski definition) is 2. The minimum absolute atomic E-state index is 0.0953. The monoisotopic (exact) mass is 211 g/mol. The Morgan fingerprint density at radius 1 is 1.27 bits per heavy atom. The van der Waals surface area contributed by atoms with E-state index in [0.717, 1.165) is 5.92 Å². The lowest BCUT2D eigenvalue weighted by atomic mass is 9.76. The van der Waals surface area contributed by atoms with Crippen molar-refractivity contribution in [1.29, 1.82) is 0 Å². The molecule has 0 aliphatic heterocycles. The summed E-state index contributed by atoms with van der Waals surface area (Å²) < 4.78 is 0. The van der Waals surface area contributed by atoms with Gasteiger partial charge in [0.15, 0.2) is 0 Å². The van der Waals surface area contributed by atoms with Gasteiger partial charge in [0.1, 0.15) is 0 Å². The summed E-state index contributed by atoms with van der Waals surface area (Å²) in [5.41, 5.74) is 0.0953. The van der Waals surface area contributed by atoms with Crippen LogP contribution in [0.15, 0.2) is 0 Å². The molecule has 2 rings (SSSR count). The molecule has 2 N–H and O–H groups in total. The molecule has 0 aromatic carbocycles. The quantitative estimate of drug-likeness (QED) is 0.732. The molecule has 2 aliphatic rings. The normalized spacial score (nSPS) is 27.6. The predicted molar refractivity (Wildman–Crippen MR) is 62.8 cm³/mol. The number of rotatable bonds is 5. The second kappa shape index (κ2) is 4.84. The van der Waals surface area contributed by atoms with E-state index in [-0.39, 0.29) is 5.54 Å². The zero-order valence-corrected chi connectivity index (χ0v) is 9.97. The summed E-state index contributed by atoms with van der Waals surface area (Å²) in [5, 5.41) is 13.0. The van der Waals surface area contributed by atoms with Crippen molar-refractivity contribution >= 4 is 0 Å². The van der Waals surface area contributed by atoms with Crippen LogP contribution in [0, 0.1) is 5.92 Å². The van der Waals surface area contributed by atoms with Gasteiger partial charge in [0.05, 0.1) is 6.61 Å². The molecule has 0 amide bonds. The standard InChI is InChI=1S/C13H25NO/c1-11(9-12-5-2-3-6-12)14-13(10-15)7-4-8-13/h11-12,14-15H,2-10H2,1H3. The third kappa shape index (κ3) is 2.73. The van der Waals surface area contributed by atoms with E-state index < -0.39 is 0 Å². The summed E-state index contributed by atoms with van der Waals surface area (Å²) in [5.74, 6) is 0.948. The van der Waals surface area contributed by atoms with Crippen LogP contribution in [0.5, 0.6) is 0 Å². The average molecular weight is 211 g/mol. The van der Waals surface area contributed by atoms with E-state index in [0.29, 0.717) is 12.6 Å². The van der Waals surface area contributed by atoms with E-state index in [2.05, 4.69) is 12.2 Å². The lowest BCUT2D eigenvalue weighted by Crippen LogP contribution is -2.57. The van der Waals surface area contributed by atoms with E-state index in [9.17, 15) is 5.11 Å². The summed E-state index contributed by atoms with van der Waals surface area (Å²) in [4.78, 5) is 0. The molecule has 0 bridgehead atoms. The summed E-state index contributed by atoms with van der Waals surface area (Å²) in [6.07, 6.45) is 10.6. The third-order valence-corrected chi connectivity index (χ3v) is 4.33. The molecule has 1 atom stereocenters. The van der Waals surface area contributed by atoms with Crippen LogP contribution in [0.1, 0.15) is 58.3 Å². The fourth-order valence-corrected chi connectivity index (χ4v) is 3.28. The molecule has 2 nitrogen and oxygen atoms in total. The highest BCUT2D eigenvalue weighted by Gasteiger charge is 2.37. The van der Waals surface area contributed by atoms with Crippen molar-refractivity contribution in [2.24, 2.45) is 5.92 Å². The molecule has 88 valence electrons. The number of hydrogen-bond donors (Lipinski definition) is 2. The van der Waals surface area contributed by atoms with Crippen LogP contribution in [0.25, 0.3) is 0 Å². The first-order valence-corrected chi connectivity index (χ1v) is 6.63. The molecular formula is C13H25NO. The van der Waals surface area contributed by atoms with Crippen molar-refractivity contribution in [3.63, 3.8) is 0 Å². The summed E-state index contributed by atoms with van der Waals surface area (Å²) in [6.45, 7) is 2.61. The van der Waals surface area contributed by atoms with Crippen molar-refractivity contribution in [2.75, 3.05) is 6.61 Å². The van der Waals surface area contributed by atoms with Gasteiger partial charge in [0.25, 0.3) is 0 Å². The Bertz CT molecular complexity index is 189. The van der Waals surface area contributed by atoms with Crippen molar-refractivity contribution in [1.82, 2.24) is 5.32 Å². The Hall–Kier alpha value is -0.0800. The molecule has 0 aromatic rings. The maximum atomic E-state index is 9.38. The number of aliphatic hydroxyl groups is 1. The molecule has 2 heteroatoms. The van der Waals surface area contributed by atoms with Gasteiger partial charge in [0.2, 0.25) is 0 Å². The smallest absolute Gasteiger partial charge is 0.0613 e. The van der Waals surface area contributed by atoms with Gasteiger partial charge in [-0.25, -0.2) is 0 Å². The van der Waals surface area contributed by atoms with Crippen LogP contribution >= 0.6 is 0 Å². The lowest BCUT2D eigenvalue weighted by Gasteiger charge is -2.43. The van der Waals surface area contributed by atoms with Crippen molar-refractivity contribution in [3.05, 3.63) is 0 Å². The van der Waals surface area contributed by atoms with E-state index in [1.165, 1.54) is 51.4 Å². The molecule has 1 unspecified atom stereocenters. The lowest BCUT2D eigenvalue weighted by molar-refractivity contribution is 0.0753. The maximum absolute atomic E-state index is 9.38. The zero-order valence-electron chi connectivity index (χ0n) is 9.97. The Kier molecular flexibility index (Phi) is 3.68. The van der Waals surface area contributed by atoms with Gasteiger partial charge in [0, 0.05) is 11.6 Å². The van der Waals surface area contributed by atoms with Gasteiger partial charge in [-0.3, -0.25) is 0 Å². The molecule has 15 heavy (non-hydrogen) atoms. The van der Waals surface area contributed by atoms with Crippen LogP contribution in [0.2, 0.25) is 0 Å². The number of aliphatic hydroxyl groups excluding tert-OH is 1. The number of nitrogens with one attached hydrogen (secondary N) is 1. The van der Waals surface area contributed by atoms with Gasteiger partial charge >= 0.3 is 0 Å². The van der Waals surface area contributed by atoms with Crippen molar-refractivity contribution in [2.45, 2.75) is 69.9 Å². The fourth-order valence-electron chi connectivity index (χ4n) is 3.28. The van der Waals surface area contributed by atoms with Gasteiger partial charge in [-0.05, 0) is 38.5 Å². The third-order valence-electron chi connectivity index (χ3n) is 4.33.